The minimum atomic E-state index is -0.449. The van der Waals surface area contributed by atoms with E-state index in [9.17, 15) is 14.4 Å². The normalized spacial score (nSPS) is 13.1. The predicted octanol–water partition coefficient (Wildman–Crippen LogP) is 4.28. The summed E-state index contributed by atoms with van der Waals surface area (Å²) in [5.74, 6) is -1.06. The van der Waals surface area contributed by atoms with Crippen LogP contribution in [0, 0.1) is 6.92 Å². The summed E-state index contributed by atoms with van der Waals surface area (Å²) in [6.07, 6.45) is 1.39. The molecule has 9 heteroatoms. The zero-order valence-electron chi connectivity index (χ0n) is 18.4. The molecule has 8 nitrogen and oxygen atoms in total. The largest absolute Gasteiger partial charge is 0.289 e. The average Bonchev–Trinajstić information content (AvgIpc) is 3.46. The second-order valence-corrected chi connectivity index (χ2v) is 8.64. The van der Waals surface area contributed by atoms with E-state index in [1.807, 2.05) is 44.4 Å². The van der Waals surface area contributed by atoms with E-state index in [2.05, 4.69) is 15.4 Å². The number of rotatable bonds is 5. The van der Waals surface area contributed by atoms with Crippen LogP contribution in [0.3, 0.4) is 0 Å². The number of para-hydroxylation sites is 1. The molecule has 2 aromatic heterocycles. The molecule has 1 aliphatic heterocycles. The summed E-state index contributed by atoms with van der Waals surface area (Å²) in [7, 11) is 0. The van der Waals surface area contributed by atoms with E-state index in [0.717, 1.165) is 16.8 Å². The molecule has 5 rings (SSSR count). The first-order valence-electron chi connectivity index (χ1n) is 10.7. The number of imide groups is 1. The molecule has 0 bridgehead atoms. The van der Waals surface area contributed by atoms with E-state index < -0.39 is 11.8 Å². The van der Waals surface area contributed by atoms with Crippen LogP contribution in [-0.4, -0.2) is 32.3 Å². The highest BCUT2D eigenvalue weighted by molar-refractivity contribution is 7.15. The minimum Gasteiger partial charge on any atom is -0.289 e. The van der Waals surface area contributed by atoms with E-state index in [4.69, 9.17) is 0 Å². The summed E-state index contributed by atoms with van der Waals surface area (Å²) in [6.45, 7) is 5.89. The number of fused-ring (bicyclic) bond motifs is 2. The minimum absolute atomic E-state index is 0.184. The molecule has 0 fully saturated rings. The Morgan fingerprint density at radius 2 is 1.73 bits per heavy atom. The second kappa shape index (κ2) is 7.93. The van der Waals surface area contributed by atoms with Crippen molar-refractivity contribution in [2.45, 2.75) is 33.6 Å². The lowest BCUT2D eigenvalue weighted by atomic mass is 10.0. The Labute approximate surface area is 193 Å². The Bertz CT molecular complexity index is 1430. The molecule has 4 aromatic rings. The molecule has 33 heavy (non-hydrogen) atoms. The van der Waals surface area contributed by atoms with Crippen molar-refractivity contribution in [1.82, 2.24) is 14.6 Å². The molecule has 0 saturated heterocycles. The number of aryl methyl sites for hydroxylation is 3. The van der Waals surface area contributed by atoms with Crippen molar-refractivity contribution >= 4 is 45.7 Å². The van der Waals surface area contributed by atoms with Crippen LogP contribution in [0.4, 0.5) is 11.6 Å². The Morgan fingerprint density at radius 1 is 1.03 bits per heavy atom. The molecular formula is C24H21N5O3S. The molecule has 0 atom stereocenters. The summed E-state index contributed by atoms with van der Waals surface area (Å²) in [5.41, 5.74) is 4.20. The highest BCUT2D eigenvalue weighted by Gasteiger charge is 2.39. The van der Waals surface area contributed by atoms with E-state index in [1.54, 1.807) is 10.6 Å². The van der Waals surface area contributed by atoms with Gasteiger partial charge >= 0.3 is 0 Å². The fourth-order valence-corrected chi connectivity index (χ4v) is 4.91. The first-order chi connectivity index (χ1) is 15.9. The van der Waals surface area contributed by atoms with Gasteiger partial charge in [-0.05, 0) is 49.1 Å². The number of hydrogen-bond donors (Lipinski definition) is 1. The van der Waals surface area contributed by atoms with Crippen LogP contribution in [0.15, 0.2) is 41.8 Å². The maximum atomic E-state index is 13.3. The van der Waals surface area contributed by atoms with Crippen molar-refractivity contribution in [3.05, 3.63) is 75.3 Å². The average molecular weight is 460 g/mol. The molecule has 3 heterocycles. The smallest absolute Gasteiger partial charge is 0.266 e. The lowest BCUT2D eigenvalue weighted by molar-refractivity contribution is 0.0925. The number of anilines is 2. The first kappa shape index (κ1) is 21.0. The Balaban J connectivity index is 1.47. The van der Waals surface area contributed by atoms with Crippen molar-refractivity contribution < 1.29 is 14.4 Å². The van der Waals surface area contributed by atoms with E-state index in [0.29, 0.717) is 29.1 Å². The van der Waals surface area contributed by atoms with Gasteiger partial charge in [0.05, 0.1) is 22.5 Å². The van der Waals surface area contributed by atoms with Gasteiger partial charge in [-0.3, -0.25) is 19.7 Å². The number of thiazole rings is 1. The number of amides is 3. The van der Waals surface area contributed by atoms with Gasteiger partial charge in [0.2, 0.25) is 4.96 Å². The van der Waals surface area contributed by atoms with Gasteiger partial charge in [0.15, 0.2) is 0 Å². The third-order valence-electron chi connectivity index (χ3n) is 5.81. The van der Waals surface area contributed by atoms with Gasteiger partial charge in [0.1, 0.15) is 0 Å². The number of hydrogen-bond acceptors (Lipinski definition) is 6. The van der Waals surface area contributed by atoms with Crippen LogP contribution in [0.2, 0.25) is 0 Å². The molecule has 1 N–H and O–H groups in total. The topological polar surface area (TPSA) is 96.7 Å². The van der Waals surface area contributed by atoms with Gasteiger partial charge in [-0.15, -0.1) is 16.4 Å². The van der Waals surface area contributed by atoms with Gasteiger partial charge in [-0.1, -0.05) is 32.0 Å². The molecule has 166 valence electrons. The lowest BCUT2D eigenvalue weighted by Crippen LogP contribution is -2.31. The third kappa shape index (κ3) is 3.32. The number of benzene rings is 2. The summed E-state index contributed by atoms with van der Waals surface area (Å²) < 4.78 is 1.65. The molecule has 0 aliphatic carbocycles. The first-order valence-corrected chi connectivity index (χ1v) is 11.6. The van der Waals surface area contributed by atoms with Gasteiger partial charge < -0.3 is 0 Å². The van der Waals surface area contributed by atoms with E-state index >= 15 is 0 Å². The predicted molar refractivity (Wildman–Crippen MR) is 126 cm³/mol. The Morgan fingerprint density at radius 3 is 2.39 bits per heavy atom. The second-order valence-electron chi connectivity index (χ2n) is 7.80. The third-order valence-corrected chi connectivity index (χ3v) is 6.74. The van der Waals surface area contributed by atoms with Gasteiger partial charge in [0, 0.05) is 10.9 Å². The highest BCUT2D eigenvalue weighted by atomic mass is 32.1. The van der Waals surface area contributed by atoms with Crippen LogP contribution in [0.1, 0.15) is 61.7 Å². The summed E-state index contributed by atoms with van der Waals surface area (Å²) >= 11 is 1.43. The van der Waals surface area contributed by atoms with Crippen molar-refractivity contribution in [2.75, 3.05) is 10.2 Å². The molecule has 2 aromatic carbocycles. The molecular weight excluding hydrogens is 438 g/mol. The van der Waals surface area contributed by atoms with Crippen LogP contribution >= 0.6 is 11.3 Å². The molecule has 1 aliphatic rings. The number of carbonyl (C=O) groups excluding carboxylic acids is 3. The lowest BCUT2D eigenvalue weighted by Gasteiger charge is -2.21. The monoisotopic (exact) mass is 459 g/mol. The van der Waals surface area contributed by atoms with Crippen LogP contribution in [0.5, 0.6) is 0 Å². The van der Waals surface area contributed by atoms with Crippen LogP contribution in [0.25, 0.3) is 4.96 Å². The molecule has 0 radical (unpaired) electrons. The quantitative estimate of drug-likeness (QED) is 0.450. The highest BCUT2D eigenvalue weighted by Crippen LogP contribution is 2.34. The van der Waals surface area contributed by atoms with Gasteiger partial charge in [-0.25, -0.2) is 9.42 Å². The van der Waals surface area contributed by atoms with Crippen molar-refractivity contribution in [3.8, 4) is 0 Å². The van der Waals surface area contributed by atoms with Crippen LogP contribution < -0.4 is 10.2 Å². The number of nitrogens with zero attached hydrogens (tertiary/aromatic N) is 4. The zero-order valence-corrected chi connectivity index (χ0v) is 19.2. The van der Waals surface area contributed by atoms with Crippen molar-refractivity contribution in [1.29, 1.82) is 0 Å². The Hall–Kier alpha value is -3.85. The summed E-state index contributed by atoms with van der Waals surface area (Å²) in [5, 5.41) is 8.88. The van der Waals surface area contributed by atoms with Crippen molar-refractivity contribution in [2.24, 2.45) is 0 Å². The number of aromatic nitrogens is 3. The maximum Gasteiger partial charge on any atom is 0.266 e. The molecule has 0 unspecified atom stereocenters. The molecule has 3 amide bonds. The SMILES string of the molecule is CCc1cccc(CC)c1N1C(=O)c2ccc(C(=O)Nc3nc4scc(C)n4n3)cc2C1=O. The van der Waals surface area contributed by atoms with Gasteiger partial charge in [-0.2, -0.15) is 4.98 Å². The summed E-state index contributed by atoms with van der Waals surface area (Å²) in [4.78, 5) is 45.6. The molecule has 0 spiro atoms. The number of carbonyl (C=O) groups is 3. The van der Waals surface area contributed by atoms with Crippen molar-refractivity contribution in [3.63, 3.8) is 0 Å². The Kier molecular flexibility index (Phi) is 5.05. The van der Waals surface area contributed by atoms with Crippen LogP contribution in [-0.2, 0) is 12.8 Å². The molecule has 0 saturated carbocycles. The van der Waals surface area contributed by atoms with E-state index in [-0.39, 0.29) is 23.0 Å². The zero-order chi connectivity index (χ0) is 23.3. The van der Waals surface area contributed by atoms with Gasteiger partial charge in [0.25, 0.3) is 23.7 Å². The standard InChI is InChI=1S/C24H21N5O3S/c1-4-14-7-6-8-15(5-2)19(14)28-21(31)17-10-9-16(11-18(17)22(28)32)20(30)25-23-26-24-29(27-23)13(3)12-33-24/h6-12H,4-5H2,1-3H3,(H,25,27,30). The fourth-order valence-electron chi connectivity index (χ4n) is 4.11. The van der Waals surface area contributed by atoms with E-state index in [1.165, 1.54) is 28.4 Å². The summed E-state index contributed by atoms with van der Waals surface area (Å²) in [6, 6.07) is 10.3. The fraction of sp³-hybridized carbons (Fsp3) is 0.208. The number of nitrogens with one attached hydrogen (secondary N) is 1. The maximum absolute atomic E-state index is 13.3.